The summed E-state index contributed by atoms with van der Waals surface area (Å²) < 4.78 is 22.8. The van der Waals surface area contributed by atoms with E-state index in [-0.39, 0.29) is 21.7 Å². The number of rotatable bonds is 12. The number of benzene rings is 4. The second-order valence-electron chi connectivity index (χ2n) is 26.8. The predicted molar refractivity (Wildman–Crippen MR) is 322 cm³/mol. The van der Waals surface area contributed by atoms with Crippen LogP contribution < -0.4 is 27.7 Å². The lowest BCUT2D eigenvalue weighted by Gasteiger charge is -2.28. The molecule has 0 radical (unpaired) electrons. The van der Waals surface area contributed by atoms with Gasteiger partial charge in [0, 0.05) is 87.1 Å². The van der Waals surface area contributed by atoms with E-state index in [1.165, 1.54) is 33.4 Å². The smallest absolute Gasteiger partial charge is 0.169 e. The Labute approximate surface area is 478 Å². The number of nitrogens with zero attached hydrogens (tertiary/aromatic N) is 4. The summed E-state index contributed by atoms with van der Waals surface area (Å²) in [6.07, 6.45) is 20.3. The minimum atomic E-state index is -0.206. The van der Waals surface area contributed by atoms with E-state index in [0.717, 1.165) is 93.1 Å². The Hall–Kier alpha value is -7.32. The zero-order valence-electron chi connectivity index (χ0n) is 50.4. The molecule has 0 aliphatic heterocycles. The predicted octanol–water partition coefficient (Wildman–Crippen LogP) is 13.5. The lowest BCUT2D eigenvalue weighted by atomic mass is 9.79. The van der Waals surface area contributed by atoms with Gasteiger partial charge in [0.15, 0.2) is 62.7 Å². The summed E-state index contributed by atoms with van der Waals surface area (Å²) in [5.74, 6) is 2.25. The quantitative estimate of drug-likeness (QED) is 0.0944. The molecule has 0 atom stereocenters. The van der Waals surface area contributed by atoms with Crippen LogP contribution in [0.2, 0.25) is 0 Å². The lowest BCUT2D eigenvalue weighted by molar-refractivity contribution is -0.697. The topological polar surface area (TPSA) is 74.4 Å². The monoisotopic (exact) mass is 1070 g/mol. The molecule has 0 fully saturated rings. The van der Waals surface area contributed by atoms with Crippen LogP contribution in [0.1, 0.15) is 163 Å². The van der Waals surface area contributed by atoms with Crippen molar-refractivity contribution < 1.29 is 38.0 Å². The van der Waals surface area contributed by atoms with Crippen molar-refractivity contribution in [2.75, 3.05) is 13.2 Å². The van der Waals surface area contributed by atoms with Crippen LogP contribution in [0.25, 0.3) is 22.3 Å². The van der Waals surface area contributed by atoms with Crippen molar-refractivity contribution in [2.45, 2.75) is 156 Å². The van der Waals surface area contributed by atoms with Crippen molar-refractivity contribution >= 4 is 0 Å². The number of hydrogen-bond acceptors (Lipinski definition) is 4. The van der Waals surface area contributed by atoms with Gasteiger partial charge in [0.1, 0.15) is 37.1 Å². The molecule has 80 heavy (non-hydrogen) atoms. The van der Waals surface area contributed by atoms with Crippen LogP contribution in [0.4, 0.5) is 0 Å². The van der Waals surface area contributed by atoms with E-state index in [1.54, 1.807) is 0 Å². The molecular weight excluding hydrogens is 985 g/mol. The first-order valence-electron chi connectivity index (χ1n) is 28.9. The molecule has 2 N–H and O–H groups in total. The molecule has 8 aromatic rings. The number of pyridine rings is 4. The van der Waals surface area contributed by atoms with E-state index >= 15 is 0 Å². The number of phenolic OH excluding ortho intramolecular Hbond substituents is 2. The van der Waals surface area contributed by atoms with E-state index in [4.69, 9.17) is 9.47 Å². The number of ether oxygens (including phenoxy) is 2. The fraction of sp³-hybridized carbons (Fsp3) is 0.389. The molecule has 4 aromatic heterocycles. The molecule has 1 aliphatic carbocycles. The Bertz CT molecular complexity index is 3150. The number of phenols is 2. The first kappa shape index (κ1) is 57.4. The van der Waals surface area contributed by atoms with Gasteiger partial charge in [-0.3, -0.25) is 0 Å². The van der Waals surface area contributed by atoms with Crippen LogP contribution in [0.5, 0.6) is 23.0 Å². The van der Waals surface area contributed by atoms with Crippen molar-refractivity contribution in [1.82, 2.24) is 0 Å². The zero-order valence-corrected chi connectivity index (χ0v) is 50.4. The van der Waals surface area contributed by atoms with Crippen LogP contribution in [-0.2, 0) is 74.5 Å². The third-order valence-corrected chi connectivity index (χ3v) is 16.0. The van der Waals surface area contributed by atoms with Crippen LogP contribution in [0.15, 0.2) is 147 Å². The second-order valence-corrected chi connectivity index (χ2v) is 26.8. The standard InChI is InChI=1S/C72H86N4O4/c1-69(2,3)61-41-53-37-57-45-63(71(7,8)9)47-59(67(57)79-35-15-25-75-31-21-51(22-32-75)49-17-27-73(13)28-18-49)39-55-43-62(70(4,5)6)44-56(66(55)78)40-60-48-64(72(10,11)12)46-58(38-54(42-61)65(53)77)68(60)80-36-16-26-76-33-23-52(24-34-76)50-19-29-74(14)30-20-50/h17-24,27-34,41-48H,15-16,25-26,35-40H2,1-14H3/q+2/p+2. The molecule has 0 saturated heterocycles. The highest BCUT2D eigenvalue weighted by molar-refractivity contribution is 5.63. The van der Waals surface area contributed by atoms with Crippen molar-refractivity contribution in [3.05, 3.63) is 213 Å². The van der Waals surface area contributed by atoms with Gasteiger partial charge >= 0.3 is 0 Å². The molecule has 8 nitrogen and oxygen atoms in total. The molecule has 8 bridgehead atoms. The maximum Gasteiger partial charge on any atom is 0.169 e. The fourth-order valence-electron chi connectivity index (χ4n) is 10.8. The third-order valence-electron chi connectivity index (χ3n) is 16.0. The first-order chi connectivity index (χ1) is 37.8. The van der Waals surface area contributed by atoms with Crippen molar-refractivity contribution in [1.29, 1.82) is 0 Å². The van der Waals surface area contributed by atoms with E-state index in [9.17, 15) is 10.2 Å². The van der Waals surface area contributed by atoms with Crippen LogP contribution in [-0.4, -0.2) is 23.4 Å². The first-order valence-corrected chi connectivity index (χ1v) is 28.9. The van der Waals surface area contributed by atoms with Gasteiger partial charge in [0.2, 0.25) is 0 Å². The fourth-order valence-corrected chi connectivity index (χ4v) is 10.8. The van der Waals surface area contributed by atoms with Gasteiger partial charge in [0.25, 0.3) is 0 Å². The van der Waals surface area contributed by atoms with E-state index in [2.05, 4.69) is 239 Å². The number of aryl methyl sites for hydroxylation is 4. The Morgan fingerprint density at radius 3 is 0.812 bits per heavy atom. The third kappa shape index (κ3) is 13.6. The highest BCUT2D eigenvalue weighted by atomic mass is 16.5. The minimum Gasteiger partial charge on any atom is -0.507 e. The van der Waals surface area contributed by atoms with E-state index in [0.29, 0.717) is 50.4 Å². The maximum absolute atomic E-state index is 12.9. The largest absolute Gasteiger partial charge is 0.507 e. The molecule has 416 valence electrons. The number of aromatic hydroxyl groups is 2. The number of aromatic nitrogens is 4. The molecule has 1 aliphatic rings. The molecule has 8 heteroatoms. The normalized spacial score (nSPS) is 13.1. The average Bonchev–Trinajstić information content (AvgIpc) is 3.40. The molecule has 0 spiro atoms. The van der Waals surface area contributed by atoms with Gasteiger partial charge in [-0.15, -0.1) is 0 Å². The van der Waals surface area contributed by atoms with E-state index < -0.39 is 0 Å². The Kier molecular flexibility index (Phi) is 16.5. The Morgan fingerprint density at radius 1 is 0.350 bits per heavy atom. The van der Waals surface area contributed by atoms with Crippen molar-refractivity contribution in [3.63, 3.8) is 0 Å². The lowest BCUT2D eigenvalue weighted by Crippen LogP contribution is -2.33. The second kappa shape index (κ2) is 23.0. The summed E-state index contributed by atoms with van der Waals surface area (Å²) in [6.45, 7) is 29.6. The molecule has 0 saturated carbocycles. The summed E-state index contributed by atoms with van der Waals surface area (Å²) in [5, 5.41) is 25.7. The molecule has 0 unspecified atom stereocenters. The molecular formula is C72H88N4O4+4. The maximum atomic E-state index is 12.9. The number of hydrogen-bond donors (Lipinski definition) is 2. The molecule has 4 aromatic carbocycles. The summed E-state index contributed by atoms with van der Waals surface area (Å²) in [5.41, 5.74) is 16.2. The Morgan fingerprint density at radius 2 is 0.575 bits per heavy atom. The summed E-state index contributed by atoms with van der Waals surface area (Å²) in [6, 6.07) is 35.4. The average molecular weight is 1070 g/mol. The minimum absolute atomic E-state index is 0.196. The van der Waals surface area contributed by atoms with Gasteiger partial charge in [-0.2, -0.15) is 0 Å². The van der Waals surface area contributed by atoms with Crippen LogP contribution >= 0.6 is 0 Å². The molecule has 4 heterocycles. The van der Waals surface area contributed by atoms with Crippen molar-refractivity contribution in [2.24, 2.45) is 14.1 Å². The van der Waals surface area contributed by atoms with Gasteiger partial charge in [-0.1, -0.05) is 132 Å². The Balaban J connectivity index is 1.14. The zero-order chi connectivity index (χ0) is 57.3. The molecule has 9 rings (SSSR count). The molecule has 0 amide bonds. The highest BCUT2D eigenvalue weighted by Gasteiger charge is 2.29. The van der Waals surface area contributed by atoms with Gasteiger partial charge < -0.3 is 19.7 Å². The van der Waals surface area contributed by atoms with E-state index in [1.807, 2.05) is 23.2 Å². The van der Waals surface area contributed by atoms with Crippen molar-refractivity contribution in [3.8, 4) is 45.3 Å². The highest BCUT2D eigenvalue weighted by Crippen LogP contribution is 2.44. The summed E-state index contributed by atoms with van der Waals surface area (Å²) >= 11 is 0. The van der Waals surface area contributed by atoms with Gasteiger partial charge in [-0.25, -0.2) is 18.3 Å². The van der Waals surface area contributed by atoms with Crippen LogP contribution in [0.3, 0.4) is 0 Å². The summed E-state index contributed by atoms with van der Waals surface area (Å²) in [4.78, 5) is 0. The van der Waals surface area contributed by atoms with Crippen LogP contribution in [0, 0.1) is 0 Å². The number of fused-ring (bicyclic) bond motifs is 8. The van der Waals surface area contributed by atoms with Gasteiger partial charge in [-0.05, 0) is 111 Å². The SMILES string of the molecule is C[n+]1ccc(-c2cc[n+](CCCOc3c4cc(C(C)(C)C)cc3Cc3cc(C(C)(C)C)cc(c3O)Cc3cc(C(C)(C)C)cc(c3OCCC[n+]3ccc(-c5cc[n+](C)cc5)cc3)Cc3cc(C(C)(C)C)cc(c3O)C4)cc2)cc1. The van der Waals surface area contributed by atoms with Gasteiger partial charge in [0.05, 0.1) is 13.2 Å². The summed E-state index contributed by atoms with van der Waals surface area (Å²) in [7, 11) is 4.07.